The lowest BCUT2D eigenvalue weighted by molar-refractivity contribution is -0.314. The van der Waals surface area contributed by atoms with Gasteiger partial charge in [0.25, 0.3) is 5.97 Å². The zero-order chi connectivity index (χ0) is 6.78. The number of hydrogen-bond donors (Lipinski definition) is 3. The van der Waals surface area contributed by atoms with Crippen molar-refractivity contribution in [3.63, 3.8) is 0 Å². The largest absolute Gasteiger partial charge is 0.343 e. The van der Waals surface area contributed by atoms with Crippen molar-refractivity contribution >= 4 is 0 Å². The maximum absolute atomic E-state index is 8.26. The Bertz CT molecular complexity index is 66.2. The number of aliphatic hydroxyl groups is 3. The monoisotopic (exact) mass is 121 g/mol. The van der Waals surface area contributed by atoms with Crippen LogP contribution in [-0.4, -0.2) is 46.8 Å². The summed E-state index contributed by atoms with van der Waals surface area (Å²) in [6, 6.07) is 0. The van der Waals surface area contributed by atoms with Crippen LogP contribution in [0, 0.1) is 0 Å². The molecule has 8 heavy (non-hydrogen) atoms. The van der Waals surface area contributed by atoms with Gasteiger partial charge in [0.2, 0.25) is 0 Å². The van der Waals surface area contributed by atoms with Gasteiger partial charge in [0.05, 0.1) is 6.54 Å². The van der Waals surface area contributed by atoms with Crippen molar-refractivity contribution in [3.8, 4) is 0 Å². The van der Waals surface area contributed by atoms with Gasteiger partial charge in [0, 0.05) is 0 Å². The second-order valence-electron chi connectivity index (χ2n) is 2.01. The maximum atomic E-state index is 8.26. The summed E-state index contributed by atoms with van der Waals surface area (Å²) in [6.45, 7) is -0.174. The predicted molar refractivity (Wildman–Crippen MR) is 27.9 cm³/mol. The van der Waals surface area contributed by atoms with E-state index in [1.807, 2.05) is 0 Å². The highest BCUT2D eigenvalue weighted by Gasteiger charge is 2.17. The topological polar surface area (TPSA) is 63.9 Å². The molecule has 0 radical (unpaired) electrons. The minimum Gasteiger partial charge on any atom is -0.343 e. The first-order chi connectivity index (χ1) is 3.42. The van der Waals surface area contributed by atoms with Crippen LogP contribution in [0.5, 0.6) is 0 Å². The molecule has 0 amide bonds. The molecule has 0 aromatic heterocycles. The smallest absolute Gasteiger partial charge is 0.288 e. The van der Waals surface area contributed by atoms with Gasteiger partial charge in [0.1, 0.15) is 0 Å². The van der Waals surface area contributed by atoms with Crippen molar-refractivity contribution in [1.82, 2.24) is 4.90 Å². The van der Waals surface area contributed by atoms with Crippen LogP contribution in [0.4, 0.5) is 0 Å². The minimum absolute atomic E-state index is 0.174. The lowest BCUT2D eigenvalue weighted by Crippen LogP contribution is -2.39. The van der Waals surface area contributed by atoms with Gasteiger partial charge in [-0.15, -0.1) is 0 Å². The SMILES string of the molecule is CN(C)CC(O)(O)O. The Labute approximate surface area is 48.0 Å². The van der Waals surface area contributed by atoms with Crippen molar-refractivity contribution in [1.29, 1.82) is 0 Å². The molecule has 0 heterocycles. The summed E-state index contributed by atoms with van der Waals surface area (Å²) in [4.78, 5) is 1.46. The van der Waals surface area contributed by atoms with E-state index in [4.69, 9.17) is 15.3 Å². The molecule has 0 bridgehead atoms. The summed E-state index contributed by atoms with van der Waals surface area (Å²) >= 11 is 0. The average molecular weight is 121 g/mol. The molecule has 4 nitrogen and oxygen atoms in total. The molecule has 0 aliphatic rings. The second-order valence-corrected chi connectivity index (χ2v) is 2.01. The van der Waals surface area contributed by atoms with E-state index in [1.165, 1.54) is 4.90 Å². The molecule has 0 saturated heterocycles. The van der Waals surface area contributed by atoms with Gasteiger partial charge < -0.3 is 20.2 Å². The molecule has 0 rings (SSSR count). The summed E-state index contributed by atoms with van der Waals surface area (Å²) in [5.41, 5.74) is 0. The van der Waals surface area contributed by atoms with Gasteiger partial charge in [-0.2, -0.15) is 0 Å². The summed E-state index contributed by atoms with van der Waals surface area (Å²) in [6.07, 6.45) is 0. The normalized spacial score (nSPS) is 12.8. The van der Waals surface area contributed by atoms with Gasteiger partial charge in [-0.3, -0.25) is 0 Å². The van der Waals surface area contributed by atoms with Crippen molar-refractivity contribution in [2.45, 2.75) is 5.97 Å². The summed E-state index contributed by atoms with van der Waals surface area (Å²) < 4.78 is 0. The lowest BCUT2D eigenvalue weighted by Gasteiger charge is -2.18. The van der Waals surface area contributed by atoms with Gasteiger partial charge >= 0.3 is 0 Å². The van der Waals surface area contributed by atoms with E-state index >= 15 is 0 Å². The molecule has 0 atom stereocenters. The fourth-order valence-corrected chi connectivity index (χ4v) is 0.424. The molecule has 0 saturated carbocycles. The van der Waals surface area contributed by atoms with Crippen molar-refractivity contribution in [2.75, 3.05) is 20.6 Å². The molecule has 0 fully saturated rings. The van der Waals surface area contributed by atoms with Crippen LogP contribution >= 0.6 is 0 Å². The van der Waals surface area contributed by atoms with E-state index in [1.54, 1.807) is 14.1 Å². The van der Waals surface area contributed by atoms with E-state index in [9.17, 15) is 0 Å². The summed E-state index contributed by atoms with van der Waals surface area (Å²) in [5.74, 6) is -2.55. The molecule has 4 heteroatoms. The first-order valence-electron chi connectivity index (χ1n) is 2.24. The van der Waals surface area contributed by atoms with Crippen LogP contribution < -0.4 is 0 Å². The van der Waals surface area contributed by atoms with Crippen LogP contribution in [0.2, 0.25) is 0 Å². The zero-order valence-corrected chi connectivity index (χ0v) is 5.00. The van der Waals surface area contributed by atoms with Gasteiger partial charge in [-0.05, 0) is 14.1 Å². The first kappa shape index (κ1) is 7.84. The maximum Gasteiger partial charge on any atom is 0.288 e. The third-order valence-corrected chi connectivity index (χ3v) is 0.528. The van der Waals surface area contributed by atoms with Crippen LogP contribution in [0.3, 0.4) is 0 Å². The number of likely N-dealkylation sites (N-methyl/N-ethyl adjacent to an activating group) is 1. The predicted octanol–water partition coefficient (Wildman–Crippen LogP) is -1.82. The van der Waals surface area contributed by atoms with Crippen molar-refractivity contribution in [2.24, 2.45) is 0 Å². The van der Waals surface area contributed by atoms with E-state index in [0.29, 0.717) is 0 Å². The van der Waals surface area contributed by atoms with Crippen LogP contribution in [0.1, 0.15) is 0 Å². The number of nitrogens with zero attached hydrogens (tertiary/aromatic N) is 1. The molecule has 0 unspecified atom stereocenters. The van der Waals surface area contributed by atoms with Gasteiger partial charge in [-0.1, -0.05) is 0 Å². The Morgan fingerprint density at radius 3 is 1.62 bits per heavy atom. The molecular weight excluding hydrogens is 110 g/mol. The third-order valence-electron chi connectivity index (χ3n) is 0.528. The number of hydrogen-bond acceptors (Lipinski definition) is 4. The summed E-state index contributed by atoms with van der Waals surface area (Å²) in [7, 11) is 3.24. The minimum atomic E-state index is -2.55. The summed E-state index contributed by atoms with van der Waals surface area (Å²) in [5, 5.41) is 24.8. The Kier molecular flexibility index (Phi) is 2.36. The first-order valence-corrected chi connectivity index (χ1v) is 2.24. The van der Waals surface area contributed by atoms with Crippen molar-refractivity contribution in [3.05, 3.63) is 0 Å². The number of rotatable bonds is 2. The van der Waals surface area contributed by atoms with Crippen molar-refractivity contribution < 1.29 is 15.3 Å². The quantitative estimate of drug-likeness (QED) is 0.376. The van der Waals surface area contributed by atoms with E-state index in [-0.39, 0.29) is 6.54 Å². The standard InChI is InChI=1S/C4H11NO3/c1-5(2)3-4(6,7)8/h6-8H,3H2,1-2H3. The Hall–Kier alpha value is -0.160. The second kappa shape index (κ2) is 2.41. The lowest BCUT2D eigenvalue weighted by atomic mass is 10.5. The molecule has 50 valence electrons. The fourth-order valence-electron chi connectivity index (χ4n) is 0.424. The molecule has 0 aliphatic heterocycles. The third kappa shape index (κ3) is 5.84. The van der Waals surface area contributed by atoms with Crippen LogP contribution in [0.15, 0.2) is 0 Å². The molecule has 3 N–H and O–H groups in total. The average Bonchev–Trinajstić information content (AvgIpc) is 1.21. The zero-order valence-electron chi connectivity index (χ0n) is 5.00. The van der Waals surface area contributed by atoms with E-state index in [0.717, 1.165) is 0 Å². The van der Waals surface area contributed by atoms with Gasteiger partial charge in [0.15, 0.2) is 0 Å². The molecule has 0 spiro atoms. The van der Waals surface area contributed by atoms with Crippen LogP contribution in [-0.2, 0) is 0 Å². The fraction of sp³-hybridized carbons (Fsp3) is 1.00. The van der Waals surface area contributed by atoms with E-state index in [2.05, 4.69) is 0 Å². The highest BCUT2D eigenvalue weighted by Crippen LogP contribution is 1.91. The Balaban J connectivity index is 3.39. The van der Waals surface area contributed by atoms with Crippen LogP contribution in [0.25, 0.3) is 0 Å². The highest BCUT2D eigenvalue weighted by molar-refractivity contribution is 4.49. The molecule has 0 aromatic carbocycles. The Morgan fingerprint density at radius 1 is 1.25 bits per heavy atom. The van der Waals surface area contributed by atoms with Gasteiger partial charge in [-0.25, -0.2) is 0 Å². The molecule has 0 aromatic rings. The molecular formula is C4H11NO3. The highest BCUT2D eigenvalue weighted by atomic mass is 16.7. The van der Waals surface area contributed by atoms with E-state index < -0.39 is 5.97 Å². The molecule has 0 aliphatic carbocycles. The Morgan fingerprint density at radius 2 is 1.62 bits per heavy atom.